The molecule has 0 spiro atoms. The molecule has 0 fully saturated rings. The SMILES string of the molecule is CCOc1ccc(-c2nc(S(=O)(=O)c3ccccc3)c(NCc3ccc(OC)cc3)o2)cc1. The van der Waals surface area contributed by atoms with E-state index in [0.29, 0.717) is 24.5 Å². The normalized spacial score (nSPS) is 11.2. The topological polar surface area (TPSA) is 90.7 Å². The van der Waals surface area contributed by atoms with Crippen LogP contribution in [0.15, 0.2) is 93.2 Å². The van der Waals surface area contributed by atoms with Crippen molar-refractivity contribution in [1.29, 1.82) is 0 Å². The van der Waals surface area contributed by atoms with Gasteiger partial charge in [-0.05, 0) is 61.0 Å². The van der Waals surface area contributed by atoms with Gasteiger partial charge in [0.2, 0.25) is 26.6 Å². The molecule has 0 aliphatic heterocycles. The maximum Gasteiger partial charge on any atom is 0.234 e. The van der Waals surface area contributed by atoms with Gasteiger partial charge in [0.25, 0.3) is 0 Å². The van der Waals surface area contributed by atoms with Gasteiger partial charge in [0.05, 0.1) is 18.6 Å². The van der Waals surface area contributed by atoms with Gasteiger partial charge in [-0.3, -0.25) is 0 Å². The van der Waals surface area contributed by atoms with Gasteiger partial charge in [-0.1, -0.05) is 30.3 Å². The summed E-state index contributed by atoms with van der Waals surface area (Å²) >= 11 is 0. The highest BCUT2D eigenvalue weighted by molar-refractivity contribution is 7.91. The second kappa shape index (κ2) is 9.79. The van der Waals surface area contributed by atoms with E-state index in [1.807, 2.05) is 31.2 Å². The largest absolute Gasteiger partial charge is 0.497 e. The number of sulfone groups is 1. The van der Waals surface area contributed by atoms with Crippen molar-refractivity contribution in [2.45, 2.75) is 23.4 Å². The first-order chi connectivity index (χ1) is 16.0. The Hall–Kier alpha value is -3.78. The Bertz CT molecular complexity index is 1300. The zero-order valence-corrected chi connectivity index (χ0v) is 19.1. The van der Waals surface area contributed by atoms with Crippen molar-refractivity contribution in [2.75, 3.05) is 19.0 Å². The van der Waals surface area contributed by atoms with Crippen molar-refractivity contribution < 1.29 is 22.3 Å². The van der Waals surface area contributed by atoms with E-state index in [9.17, 15) is 8.42 Å². The molecule has 0 saturated heterocycles. The number of hydrogen-bond donors (Lipinski definition) is 1. The number of nitrogens with zero attached hydrogens (tertiary/aromatic N) is 1. The fraction of sp³-hybridized carbons (Fsp3) is 0.160. The molecule has 7 nitrogen and oxygen atoms in total. The molecule has 0 aliphatic carbocycles. The average molecular weight is 465 g/mol. The quantitative estimate of drug-likeness (QED) is 0.364. The fourth-order valence-corrected chi connectivity index (χ4v) is 4.52. The number of ether oxygens (including phenoxy) is 2. The van der Waals surface area contributed by atoms with E-state index in [4.69, 9.17) is 13.9 Å². The molecule has 0 aliphatic rings. The summed E-state index contributed by atoms with van der Waals surface area (Å²) in [6.07, 6.45) is 0. The van der Waals surface area contributed by atoms with Gasteiger partial charge in [-0.2, -0.15) is 4.98 Å². The van der Waals surface area contributed by atoms with Crippen LogP contribution in [-0.2, 0) is 16.4 Å². The minimum Gasteiger partial charge on any atom is -0.497 e. The van der Waals surface area contributed by atoms with Crippen LogP contribution in [-0.4, -0.2) is 27.1 Å². The molecule has 3 aromatic carbocycles. The van der Waals surface area contributed by atoms with Gasteiger partial charge < -0.3 is 19.2 Å². The van der Waals surface area contributed by atoms with E-state index in [2.05, 4.69) is 10.3 Å². The molecule has 0 amide bonds. The lowest BCUT2D eigenvalue weighted by Crippen LogP contribution is -2.07. The van der Waals surface area contributed by atoms with Gasteiger partial charge in [0, 0.05) is 12.1 Å². The van der Waals surface area contributed by atoms with Crippen molar-refractivity contribution in [1.82, 2.24) is 4.98 Å². The number of benzene rings is 3. The van der Waals surface area contributed by atoms with Crippen molar-refractivity contribution in [3.05, 3.63) is 84.4 Å². The summed E-state index contributed by atoms with van der Waals surface area (Å²) in [4.78, 5) is 4.51. The molecule has 4 aromatic rings. The molecule has 0 bridgehead atoms. The van der Waals surface area contributed by atoms with Crippen LogP contribution in [0, 0.1) is 0 Å². The van der Waals surface area contributed by atoms with Gasteiger partial charge in [-0.15, -0.1) is 0 Å². The van der Waals surface area contributed by atoms with Crippen LogP contribution in [0.5, 0.6) is 11.5 Å². The Kier molecular flexibility index (Phi) is 6.65. The lowest BCUT2D eigenvalue weighted by Gasteiger charge is -2.07. The maximum atomic E-state index is 13.3. The summed E-state index contributed by atoms with van der Waals surface area (Å²) in [5.74, 6) is 1.73. The van der Waals surface area contributed by atoms with E-state index < -0.39 is 9.84 Å². The third kappa shape index (κ3) is 5.01. The van der Waals surface area contributed by atoms with Crippen LogP contribution >= 0.6 is 0 Å². The molecule has 0 radical (unpaired) electrons. The second-order valence-corrected chi connectivity index (χ2v) is 8.99. The van der Waals surface area contributed by atoms with Gasteiger partial charge in [0.1, 0.15) is 11.5 Å². The number of oxazole rings is 1. The van der Waals surface area contributed by atoms with E-state index in [1.54, 1.807) is 49.6 Å². The monoisotopic (exact) mass is 464 g/mol. The van der Waals surface area contributed by atoms with E-state index in [1.165, 1.54) is 12.1 Å². The number of nitrogens with one attached hydrogen (secondary N) is 1. The van der Waals surface area contributed by atoms with Crippen LogP contribution in [0.4, 0.5) is 5.88 Å². The number of anilines is 1. The van der Waals surface area contributed by atoms with Crippen molar-refractivity contribution >= 4 is 15.7 Å². The number of hydrogen-bond acceptors (Lipinski definition) is 7. The maximum absolute atomic E-state index is 13.3. The number of methoxy groups -OCH3 is 1. The summed E-state index contributed by atoms with van der Waals surface area (Å²) in [6.45, 7) is 2.81. The first-order valence-electron chi connectivity index (χ1n) is 10.4. The zero-order chi connectivity index (χ0) is 23.3. The summed E-state index contributed by atoms with van der Waals surface area (Å²) < 4.78 is 43.2. The minimum atomic E-state index is -3.90. The first-order valence-corrected chi connectivity index (χ1v) is 11.9. The number of aromatic nitrogens is 1. The first kappa shape index (κ1) is 22.4. The molecule has 0 unspecified atom stereocenters. The molecule has 1 N–H and O–H groups in total. The molecular weight excluding hydrogens is 440 g/mol. The van der Waals surface area contributed by atoms with Crippen LogP contribution in [0.25, 0.3) is 11.5 Å². The van der Waals surface area contributed by atoms with Gasteiger partial charge in [0.15, 0.2) is 0 Å². The van der Waals surface area contributed by atoms with E-state index in [-0.39, 0.29) is 21.7 Å². The molecule has 4 rings (SSSR count). The van der Waals surface area contributed by atoms with Crippen LogP contribution in [0.3, 0.4) is 0 Å². The third-order valence-corrected chi connectivity index (χ3v) is 6.61. The van der Waals surface area contributed by atoms with Gasteiger partial charge in [-0.25, -0.2) is 8.42 Å². The Morgan fingerprint density at radius 3 is 2.21 bits per heavy atom. The van der Waals surface area contributed by atoms with Crippen LogP contribution < -0.4 is 14.8 Å². The summed E-state index contributed by atoms with van der Waals surface area (Å²) in [6, 6.07) is 22.8. The molecule has 33 heavy (non-hydrogen) atoms. The summed E-state index contributed by atoms with van der Waals surface area (Å²) in [5, 5.41) is 2.93. The molecule has 170 valence electrons. The molecule has 8 heteroatoms. The van der Waals surface area contributed by atoms with Crippen molar-refractivity contribution in [3.63, 3.8) is 0 Å². The van der Waals surface area contributed by atoms with E-state index >= 15 is 0 Å². The molecule has 1 aromatic heterocycles. The summed E-state index contributed by atoms with van der Waals surface area (Å²) in [5.41, 5.74) is 1.57. The lowest BCUT2D eigenvalue weighted by molar-refractivity contribution is 0.340. The second-order valence-electron chi connectivity index (χ2n) is 7.13. The van der Waals surface area contributed by atoms with Crippen molar-refractivity contribution in [2.24, 2.45) is 0 Å². The smallest absolute Gasteiger partial charge is 0.234 e. The lowest BCUT2D eigenvalue weighted by atomic mass is 10.2. The third-order valence-electron chi connectivity index (χ3n) is 4.93. The van der Waals surface area contributed by atoms with Crippen LogP contribution in [0.2, 0.25) is 0 Å². The van der Waals surface area contributed by atoms with E-state index in [0.717, 1.165) is 11.3 Å². The summed E-state index contributed by atoms with van der Waals surface area (Å²) in [7, 11) is -2.30. The Labute approximate surface area is 192 Å². The Morgan fingerprint density at radius 2 is 1.58 bits per heavy atom. The fourth-order valence-electron chi connectivity index (χ4n) is 3.22. The predicted molar refractivity (Wildman–Crippen MR) is 125 cm³/mol. The standard InChI is InChI=1S/C25H24N2O5S/c1-3-31-21-15-11-19(12-16-21)23-27-25(33(28,29)22-7-5-4-6-8-22)24(32-23)26-17-18-9-13-20(30-2)14-10-18/h4-16,26H,3,17H2,1-2H3. The molecule has 0 atom stereocenters. The van der Waals surface area contributed by atoms with Crippen LogP contribution in [0.1, 0.15) is 12.5 Å². The number of rotatable bonds is 9. The average Bonchev–Trinajstić information content (AvgIpc) is 3.29. The van der Waals surface area contributed by atoms with Crippen molar-refractivity contribution in [3.8, 4) is 23.0 Å². The highest BCUT2D eigenvalue weighted by Gasteiger charge is 2.28. The predicted octanol–water partition coefficient (Wildman–Crippen LogP) is 5.19. The highest BCUT2D eigenvalue weighted by Crippen LogP contribution is 2.33. The minimum absolute atomic E-state index is 0.0820. The van der Waals surface area contributed by atoms with Gasteiger partial charge >= 0.3 is 0 Å². The molecular formula is C25H24N2O5S. The zero-order valence-electron chi connectivity index (χ0n) is 18.3. The highest BCUT2D eigenvalue weighted by atomic mass is 32.2. The Morgan fingerprint density at radius 1 is 0.909 bits per heavy atom. The molecule has 0 saturated carbocycles. The Balaban J connectivity index is 1.69. The molecule has 1 heterocycles.